The van der Waals surface area contributed by atoms with E-state index < -0.39 is 17.7 Å². The fraction of sp³-hybridized carbons (Fsp3) is 0.263. The van der Waals surface area contributed by atoms with Crippen LogP contribution in [0.4, 0.5) is 4.39 Å². The zero-order valence-corrected chi connectivity index (χ0v) is 14.8. The van der Waals surface area contributed by atoms with Gasteiger partial charge in [0, 0.05) is 23.7 Å². The van der Waals surface area contributed by atoms with Gasteiger partial charge in [-0.2, -0.15) is 0 Å². The SMILES string of the molecule is COC(=O)C(C)CN(Cc1ccccc1Cl)C(=O)c1ccc(F)cc1. The van der Waals surface area contributed by atoms with Crippen LogP contribution in [0.3, 0.4) is 0 Å². The number of carbonyl (C=O) groups is 2. The lowest BCUT2D eigenvalue weighted by Crippen LogP contribution is -2.37. The van der Waals surface area contributed by atoms with Crippen LogP contribution in [-0.4, -0.2) is 30.4 Å². The highest BCUT2D eigenvalue weighted by Crippen LogP contribution is 2.20. The number of halogens is 2. The number of hydrogen-bond acceptors (Lipinski definition) is 3. The van der Waals surface area contributed by atoms with E-state index >= 15 is 0 Å². The Morgan fingerprint density at radius 3 is 2.40 bits per heavy atom. The van der Waals surface area contributed by atoms with Gasteiger partial charge in [0.2, 0.25) is 0 Å². The van der Waals surface area contributed by atoms with Gasteiger partial charge >= 0.3 is 5.97 Å². The third-order valence-corrected chi connectivity index (χ3v) is 4.16. The summed E-state index contributed by atoms with van der Waals surface area (Å²) in [6, 6.07) is 12.5. The van der Waals surface area contributed by atoms with E-state index in [0.29, 0.717) is 10.6 Å². The highest BCUT2D eigenvalue weighted by atomic mass is 35.5. The van der Waals surface area contributed by atoms with Crippen molar-refractivity contribution < 1.29 is 18.7 Å². The molecular formula is C19H19ClFNO3. The molecule has 2 rings (SSSR count). The van der Waals surface area contributed by atoms with Crippen LogP contribution >= 0.6 is 11.6 Å². The second kappa shape index (κ2) is 8.62. The molecular weight excluding hydrogens is 345 g/mol. The predicted molar refractivity (Wildman–Crippen MR) is 93.8 cm³/mol. The highest BCUT2D eigenvalue weighted by molar-refractivity contribution is 6.31. The first-order valence-electron chi connectivity index (χ1n) is 7.78. The molecule has 0 N–H and O–H groups in total. The number of rotatable bonds is 6. The quantitative estimate of drug-likeness (QED) is 0.730. The standard InChI is InChI=1S/C19H19ClFNO3/c1-13(19(24)25-2)11-22(12-15-5-3-4-6-17(15)20)18(23)14-7-9-16(21)10-8-14/h3-10,13H,11-12H2,1-2H3. The molecule has 4 nitrogen and oxygen atoms in total. The number of ether oxygens (including phenoxy) is 1. The number of hydrogen-bond donors (Lipinski definition) is 0. The summed E-state index contributed by atoms with van der Waals surface area (Å²) in [5, 5.41) is 0.533. The van der Waals surface area contributed by atoms with Crippen LogP contribution in [0, 0.1) is 11.7 Å². The van der Waals surface area contributed by atoms with Gasteiger partial charge in [-0.3, -0.25) is 9.59 Å². The Morgan fingerprint density at radius 2 is 1.80 bits per heavy atom. The highest BCUT2D eigenvalue weighted by Gasteiger charge is 2.23. The Bertz CT molecular complexity index is 749. The summed E-state index contributed by atoms with van der Waals surface area (Å²) in [7, 11) is 1.30. The number of esters is 1. The van der Waals surface area contributed by atoms with Crippen molar-refractivity contribution in [2.75, 3.05) is 13.7 Å². The van der Waals surface area contributed by atoms with Gasteiger partial charge in [0.1, 0.15) is 5.82 Å². The summed E-state index contributed by atoms with van der Waals surface area (Å²) >= 11 is 6.19. The molecule has 6 heteroatoms. The number of carbonyl (C=O) groups excluding carboxylic acids is 2. The summed E-state index contributed by atoms with van der Waals surface area (Å²) in [5.41, 5.74) is 1.10. The molecule has 0 aromatic heterocycles. The van der Waals surface area contributed by atoms with Crippen molar-refractivity contribution in [3.8, 4) is 0 Å². The van der Waals surface area contributed by atoms with Gasteiger partial charge in [-0.1, -0.05) is 36.7 Å². The molecule has 0 aliphatic carbocycles. The molecule has 0 radical (unpaired) electrons. The van der Waals surface area contributed by atoms with Crippen molar-refractivity contribution in [1.82, 2.24) is 4.90 Å². The molecule has 1 amide bonds. The normalized spacial score (nSPS) is 11.7. The minimum absolute atomic E-state index is 0.161. The minimum Gasteiger partial charge on any atom is -0.469 e. The molecule has 0 saturated carbocycles. The van der Waals surface area contributed by atoms with Crippen molar-refractivity contribution in [1.29, 1.82) is 0 Å². The molecule has 2 aromatic rings. The summed E-state index contributed by atoms with van der Waals surface area (Å²) in [4.78, 5) is 26.1. The zero-order valence-electron chi connectivity index (χ0n) is 14.0. The zero-order chi connectivity index (χ0) is 18.4. The molecule has 132 valence electrons. The number of nitrogens with zero attached hydrogens (tertiary/aromatic N) is 1. The molecule has 0 aliphatic heterocycles. The Morgan fingerprint density at radius 1 is 1.16 bits per heavy atom. The lowest BCUT2D eigenvalue weighted by atomic mass is 10.1. The monoisotopic (exact) mass is 363 g/mol. The van der Waals surface area contributed by atoms with Gasteiger partial charge in [0.15, 0.2) is 0 Å². The predicted octanol–water partition coefficient (Wildman–Crippen LogP) is 3.93. The van der Waals surface area contributed by atoms with E-state index in [9.17, 15) is 14.0 Å². The van der Waals surface area contributed by atoms with E-state index in [0.717, 1.165) is 5.56 Å². The topological polar surface area (TPSA) is 46.6 Å². The van der Waals surface area contributed by atoms with Crippen LogP contribution in [0.5, 0.6) is 0 Å². The second-order valence-corrected chi connectivity index (χ2v) is 6.12. The van der Waals surface area contributed by atoms with Crippen LogP contribution in [-0.2, 0) is 16.1 Å². The summed E-state index contributed by atoms with van der Waals surface area (Å²) in [6.45, 7) is 2.08. The maximum absolute atomic E-state index is 13.1. The molecule has 0 saturated heterocycles. The van der Waals surface area contributed by atoms with Gasteiger partial charge in [0.25, 0.3) is 5.91 Å². The van der Waals surface area contributed by atoms with Crippen LogP contribution < -0.4 is 0 Å². The van der Waals surface area contributed by atoms with Crippen LogP contribution in [0.15, 0.2) is 48.5 Å². The van der Waals surface area contributed by atoms with Crippen molar-refractivity contribution >= 4 is 23.5 Å². The van der Waals surface area contributed by atoms with Crippen LogP contribution in [0.1, 0.15) is 22.8 Å². The van der Waals surface area contributed by atoms with Gasteiger partial charge in [0.05, 0.1) is 13.0 Å². The number of amides is 1. The first kappa shape index (κ1) is 18.9. The van der Waals surface area contributed by atoms with E-state index in [1.165, 1.54) is 36.3 Å². The van der Waals surface area contributed by atoms with E-state index in [-0.39, 0.29) is 19.0 Å². The number of benzene rings is 2. The van der Waals surface area contributed by atoms with E-state index in [2.05, 4.69) is 0 Å². The molecule has 0 spiro atoms. The summed E-state index contributed by atoms with van der Waals surface area (Å²) in [5.74, 6) is -1.64. The third kappa shape index (κ3) is 5.03. The average molecular weight is 364 g/mol. The second-order valence-electron chi connectivity index (χ2n) is 5.71. The van der Waals surface area contributed by atoms with E-state index in [1.807, 2.05) is 12.1 Å². The largest absolute Gasteiger partial charge is 0.469 e. The minimum atomic E-state index is -0.503. The van der Waals surface area contributed by atoms with Gasteiger partial charge in [-0.15, -0.1) is 0 Å². The maximum Gasteiger partial charge on any atom is 0.310 e. The number of methoxy groups -OCH3 is 1. The van der Waals surface area contributed by atoms with Gasteiger partial charge < -0.3 is 9.64 Å². The Balaban J connectivity index is 2.27. The fourth-order valence-corrected chi connectivity index (χ4v) is 2.63. The van der Waals surface area contributed by atoms with Crippen molar-refractivity contribution in [2.45, 2.75) is 13.5 Å². The molecule has 0 bridgehead atoms. The van der Waals surface area contributed by atoms with Gasteiger partial charge in [-0.25, -0.2) is 4.39 Å². The van der Waals surface area contributed by atoms with Crippen molar-refractivity contribution in [3.05, 3.63) is 70.5 Å². The van der Waals surface area contributed by atoms with Gasteiger partial charge in [-0.05, 0) is 35.9 Å². The molecule has 0 heterocycles. The van der Waals surface area contributed by atoms with Crippen molar-refractivity contribution in [2.24, 2.45) is 5.92 Å². The Kier molecular flexibility index (Phi) is 6.53. The lowest BCUT2D eigenvalue weighted by Gasteiger charge is -2.25. The molecule has 25 heavy (non-hydrogen) atoms. The fourth-order valence-electron chi connectivity index (χ4n) is 2.43. The van der Waals surface area contributed by atoms with Crippen LogP contribution in [0.2, 0.25) is 5.02 Å². The molecule has 1 atom stereocenters. The van der Waals surface area contributed by atoms with E-state index in [4.69, 9.17) is 16.3 Å². The smallest absolute Gasteiger partial charge is 0.310 e. The lowest BCUT2D eigenvalue weighted by molar-refractivity contribution is -0.145. The molecule has 0 aliphatic rings. The molecule has 1 unspecified atom stereocenters. The third-order valence-electron chi connectivity index (χ3n) is 3.80. The molecule has 0 fully saturated rings. The molecule has 2 aromatic carbocycles. The summed E-state index contributed by atoms with van der Waals surface area (Å²) in [6.07, 6.45) is 0. The first-order chi connectivity index (χ1) is 11.9. The Hall–Kier alpha value is -2.40. The van der Waals surface area contributed by atoms with E-state index in [1.54, 1.807) is 19.1 Å². The average Bonchev–Trinajstić information content (AvgIpc) is 2.62. The van der Waals surface area contributed by atoms with Crippen LogP contribution in [0.25, 0.3) is 0 Å². The summed E-state index contributed by atoms with van der Waals surface area (Å²) < 4.78 is 17.8. The Labute approximate surface area is 151 Å². The van der Waals surface area contributed by atoms with Crippen molar-refractivity contribution in [3.63, 3.8) is 0 Å². The first-order valence-corrected chi connectivity index (χ1v) is 8.16. The maximum atomic E-state index is 13.1.